The summed E-state index contributed by atoms with van der Waals surface area (Å²) in [6.45, 7) is 0. The highest BCUT2D eigenvalue weighted by atomic mass is 32.2. The summed E-state index contributed by atoms with van der Waals surface area (Å²) >= 11 is 1.54. The smallest absolute Gasteiger partial charge is 0.291 e. The topological polar surface area (TPSA) is 104 Å². The Morgan fingerprint density at radius 3 is 2.91 bits per heavy atom. The van der Waals surface area contributed by atoms with Crippen molar-refractivity contribution in [2.45, 2.75) is 17.4 Å². The maximum atomic E-state index is 13.2. The molecule has 0 spiro atoms. The summed E-state index contributed by atoms with van der Waals surface area (Å²) in [5.74, 6) is 0.365. The molecule has 160 valence electrons. The van der Waals surface area contributed by atoms with Crippen molar-refractivity contribution in [3.63, 3.8) is 0 Å². The van der Waals surface area contributed by atoms with Crippen molar-refractivity contribution in [2.75, 3.05) is 17.7 Å². The molecule has 0 radical (unpaired) electrons. The molecule has 2 aromatic heterocycles. The van der Waals surface area contributed by atoms with Crippen LogP contribution in [0.15, 0.2) is 65.8 Å². The number of carbonyl (C=O) groups excluding carboxylic acids is 2. The van der Waals surface area contributed by atoms with Crippen LogP contribution in [-0.4, -0.2) is 50.8 Å². The summed E-state index contributed by atoms with van der Waals surface area (Å²) in [7, 11) is 1.73. The number of nitrogens with one attached hydrogen (secondary N) is 2. The van der Waals surface area contributed by atoms with Gasteiger partial charge in [-0.05, 0) is 17.7 Å². The molecule has 1 aliphatic rings. The minimum absolute atomic E-state index is 0.0228. The number of aromatic nitrogens is 4. The molecular weight excluding hydrogens is 424 g/mol. The molecule has 1 aliphatic heterocycles. The lowest BCUT2D eigenvalue weighted by molar-refractivity contribution is -0.119. The molecule has 0 fully saturated rings. The number of aromatic amines is 1. The SMILES string of the molecule is CN1C(=O)[C@@H](NC(=O)c2n[nH]c(Cc3ccccc3)n2)CSc2ccc3cnccc3c21. The van der Waals surface area contributed by atoms with E-state index in [2.05, 4.69) is 25.5 Å². The lowest BCUT2D eigenvalue weighted by Gasteiger charge is -2.22. The lowest BCUT2D eigenvalue weighted by Crippen LogP contribution is -2.48. The summed E-state index contributed by atoms with van der Waals surface area (Å²) in [6.07, 6.45) is 4.03. The Kier molecular flexibility index (Phi) is 5.32. The second-order valence-electron chi connectivity index (χ2n) is 7.51. The van der Waals surface area contributed by atoms with Gasteiger partial charge in [0.1, 0.15) is 11.9 Å². The first-order chi connectivity index (χ1) is 15.6. The third kappa shape index (κ3) is 3.82. The summed E-state index contributed by atoms with van der Waals surface area (Å²) in [5, 5.41) is 11.6. The summed E-state index contributed by atoms with van der Waals surface area (Å²) < 4.78 is 0. The van der Waals surface area contributed by atoms with Crippen LogP contribution in [0.1, 0.15) is 22.0 Å². The fraction of sp³-hybridized carbons (Fsp3) is 0.174. The van der Waals surface area contributed by atoms with Gasteiger partial charge >= 0.3 is 0 Å². The van der Waals surface area contributed by atoms with Crippen molar-refractivity contribution in [3.8, 4) is 0 Å². The standard InChI is InChI=1S/C23H20N6O2S/c1-29-20-16-9-10-24-12-15(16)7-8-18(20)32-13-17(23(29)31)25-22(30)21-26-19(27-28-21)11-14-5-3-2-4-6-14/h2-10,12,17H,11,13H2,1H3,(H,25,30)(H,26,27,28)/t17-/m0/s1. The summed E-state index contributed by atoms with van der Waals surface area (Å²) in [6, 6.07) is 15.0. The highest BCUT2D eigenvalue weighted by Gasteiger charge is 2.31. The third-order valence-corrected chi connectivity index (χ3v) is 6.52. The number of hydrogen-bond acceptors (Lipinski definition) is 6. The van der Waals surface area contributed by atoms with E-state index >= 15 is 0 Å². The van der Waals surface area contributed by atoms with Crippen molar-refractivity contribution in [1.29, 1.82) is 0 Å². The molecule has 3 heterocycles. The van der Waals surface area contributed by atoms with Crippen LogP contribution in [0, 0.1) is 0 Å². The quantitative estimate of drug-likeness (QED) is 0.502. The van der Waals surface area contributed by atoms with E-state index in [0.29, 0.717) is 18.0 Å². The fourth-order valence-electron chi connectivity index (χ4n) is 3.77. The number of H-pyrrole nitrogens is 1. The molecule has 4 aromatic rings. The summed E-state index contributed by atoms with van der Waals surface area (Å²) in [4.78, 5) is 37.0. The van der Waals surface area contributed by atoms with Crippen LogP contribution in [0.2, 0.25) is 0 Å². The predicted octanol–water partition coefficient (Wildman–Crippen LogP) is 2.81. The average Bonchev–Trinajstić information content (AvgIpc) is 3.25. The van der Waals surface area contributed by atoms with Crippen LogP contribution in [0.25, 0.3) is 10.8 Å². The number of amides is 2. The van der Waals surface area contributed by atoms with Gasteiger partial charge < -0.3 is 10.2 Å². The molecule has 2 N–H and O–H groups in total. The highest BCUT2D eigenvalue weighted by molar-refractivity contribution is 7.99. The first-order valence-corrected chi connectivity index (χ1v) is 11.1. The fourth-order valence-corrected chi connectivity index (χ4v) is 4.89. The maximum Gasteiger partial charge on any atom is 0.291 e. The number of nitrogens with zero attached hydrogens (tertiary/aromatic N) is 4. The van der Waals surface area contributed by atoms with Crippen LogP contribution in [0.4, 0.5) is 5.69 Å². The Labute approximate surface area is 188 Å². The minimum atomic E-state index is -0.696. The van der Waals surface area contributed by atoms with Crippen LogP contribution in [-0.2, 0) is 11.2 Å². The zero-order valence-corrected chi connectivity index (χ0v) is 18.1. The van der Waals surface area contributed by atoms with Gasteiger partial charge in [0, 0.05) is 47.3 Å². The van der Waals surface area contributed by atoms with E-state index in [4.69, 9.17) is 0 Å². The first kappa shape index (κ1) is 20.2. The van der Waals surface area contributed by atoms with Gasteiger partial charge in [0.25, 0.3) is 5.91 Å². The Hall–Kier alpha value is -3.72. The zero-order valence-electron chi connectivity index (χ0n) is 17.3. The molecule has 32 heavy (non-hydrogen) atoms. The second-order valence-corrected chi connectivity index (χ2v) is 8.57. The van der Waals surface area contributed by atoms with E-state index in [-0.39, 0.29) is 11.7 Å². The van der Waals surface area contributed by atoms with Crippen molar-refractivity contribution >= 4 is 40.0 Å². The average molecular weight is 445 g/mol. The van der Waals surface area contributed by atoms with Crippen LogP contribution in [0.5, 0.6) is 0 Å². The van der Waals surface area contributed by atoms with E-state index in [1.54, 1.807) is 24.3 Å². The number of anilines is 1. The highest BCUT2D eigenvalue weighted by Crippen LogP contribution is 2.39. The zero-order chi connectivity index (χ0) is 22.1. The van der Waals surface area contributed by atoms with Crippen molar-refractivity contribution in [3.05, 3.63) is 78.1 Å². The van der Waals surface area contributed by atoms with Gasteiger partial charge in [-0.15, -0.1) is 16.9 Å². The third-order valence-electron chi connectivity index (χ3n) is 5.38. The molecule has 2 aromatic carbocycles. The Morgan fingerprint density at radius 2 is 2.06 bits per heavy atom. The molecule has 0 bridgehead atoms. The molecule has 2 amide bonds. The van der Waals surface area contributed by atoms with E-state index < -0.39 is 11.9 Å². The number of pyridine rings is 1. The number of hydrogen-bond donors (Lipinski definition) is 2. The maximum absolute atomic E-state index is 13.2. The molecule has 5 rings (SSSR count). The molecule has 8 nitrogen and oxygen atoms in total. The number of carbonyl (C=O) groups is 2. The minimum Gasteiger partial charge on any atom is -0.337 e. The van der Waals surface area contributed by atoms with Gasteiger partial charge in [-0.25, -0.2) is 4.98 Å². The molecule has 0 saturated carbocycles. The molecular formula is C23H20N6O2S. The van der Waals surface area contributed by atoms with E-state index in [1.165, 1.54) is 11.8 Å². The molecule has 0 unspecified atom stereocenters. The molecule has 0 aliphatic carbocycles. The number of fused-ring (bicyclic) bond motifs is 3. The van der Waals surface area contributed by atoms with Gasteiger partial charge in [0.05, 0.1) is 5.69 Å². The van der Waals surface area contributed by atoms with Gasteiger partial charge in [-0.1, -0.05) is 36.4 Å². The Bertz CT molecular complexity index is 1310. The summed E-state index contributed by atoms with van der Waals surface area (Å²) in [5.41, 5.74) is 1.90. The largest absolute Gasteiger partial charge is 0.337 e. The number of rotatable bonds is 4. The second kappa shape index (κ2) is 8.43. The molecule has 1 atom stereocenters. The van der Waals surface area contributed by atoms with Crippen LogP contribution in [0.3, 0.4) is 0 Å². The van der Waals surface area contributed by atoms with Crippen molar-refractivity contribution in [1.82, 2.24) is 25.5 Å². The monoisotopic (exact) mass is 444 g/mol. The predicted molar refractivity (Wildman–Crippen MR) is 123 cm³/mol. The van der Waals surface area contributed by atoms with Crippen molar-refractivity contribution < 1.29 is 9.59 Å². The number of benzene rings is 2. The Morgan fingerprint density at radius 1 is 1.22 bits per heavy atom. The normalized spacial score (nSPS) is 16.0. The van der Waals surface area contributed by atoms with Gasteiger partial charge in [0.2, 0.25) is 11.7 Å². The molecule has 0 saturated heterocycles. The first-order valence-electron chi connectivity index (χ1n) is 10.1. The van der Waals surface area contributed by atoms with E-state index in [0.717, 1.165) is 26.9 Å². The Balaban J connectivity index is 1.33. The molecule has 9 heteroatoms. The van der Waals surface area contributed by atoms with Gasteiger partial charge in [0.15, 0.2) is 0 Å². The van der Waals surface area contributed by atoms with Gasteiger partial charge in [-0.3, -0.25) is 19.7 Å². The van der Waals surface area contributed by atoms with Crippen molar-refractivity contribution in [2.24, 2.45) is 0 Å². The van der Waals surface area contributed by atoms with Gasteiger partial charge in [-0.2, -0.15) is 0 Å². The number of thioether (sulfide) groups is 1. The van der Waals surface area contributed by atoms with Crippen LogP contribution < -0.4 is 10.2 Å². The van der Waals surface area contributed by atoms with Crippen LogP contribution >= 0.6 is 11.8 Å². The lowest BCUT2D eigenvalue weighted by atomic mass is 10.1. The van der Waals surface area contributed by atoms with E-state index in [1.807, 2.05) is 48.5 Å². The number of likely N-dealkylation sites (N-methyl/N-ethyl adjacent to an activating group) is 1. The van der Waals surface area contributed by atoms with E-state index in [9.17, 15) is 9.59 Å².